The van der Waals surface area contributed by atoms with Crippen molar-refractivity contribution in [2.75, 3.05) is 18.5 Å². The second-order valence-corrected chi connectivity index (χ2v) is 8.82. The van der Waals surface area contributed by atoms with Gasteiger partial charge in [0.2, 0.25) is 11.9 Å². The Bertz CT molecular complexity index is 1080. The highest BCUT2D eigenvalue weighted by Crippen LogP contribution is 2.38. The molecule has 1 amide bonds. The molecular formula is C17H27N6O9P. The number of carbonyl (C=O) groups is 1. The molecule has 1 aliphatic rings. The van der Waals surface area contributed by atoms with Gasteiger partial charge in [0, 0.05) is 6.54 Å². The topological polar surface area (TPSA) is 221 Å². The molecular weight excluding hydrogens is 463 g/mol. The molecule has 3 rings (SSSR count). The number of aromatic nitrogens is 4. The van der Waals surface area contributed by atoms with Crippen LogP contribution in [0.1, 0.15) is 32.9 Å². The number of amides is 1. The number of unbranched alkanes of at least 4 members (excludes halogenated alkanes) is 1. The van der Waals surface area contributed by atoms with E-state index in [1.54, 1.807) is 6.92 Å². The number of phosphoric acid groups is 1. The first-order valence-corrected chi connectivity index (χ1v) is 11.8. The summed E-state index contributed by atoms with van der Waals surface area (Å²) in [5, 5.41) is 26.1. The second kappa shape index (κ2) is 10.3. The molecule has 33 heavy (non-hydrogen) atoms. The minimum atomic E-state index is -4.82. The lowest BCUT2D eigenvalue weighted by Crippen LogP contribution is -2.38. The maximum atomic E-state index is 12.4. The number of aliphatic hydroxyl groups excluding tert-OH is 2. The number of anilines is 1. The molecule has 7 N–H and O–H groups in total. The van der Waals surface area contributed by atoms with Gasteiger partial charge in [-0.25, -0.2) is 9.55 Å². The van der Waals surface area contributed by atoms with E-state index in [1.165, 1.54) is 10.9 Å². The maximum absolute atomic E-state index is 12.4. The molecule has 0 bridgehead atoms. The first-order chi connectivity index (χ1) is 15.5. The van der Waals surface area contributed by atoms with Crippen LogP contribution < -0.4 is 16.2 Å². The summed E-state index contributed by atoms with van der Waals surface area (Å²) in [5.74, 6) is -0.313. The van der Waals surface area contributed by atoms with E-state index in [0.717, 1.165) is 12.8 Å². The maximum Gasteiger partial charge on any atom is 0.469 e. The van der Waals surface area contributed by atoms with Crippen molar-refractivity contribution >= 4 is 30.8 Å². The molecule has 0 aromatic carbocycles. The number of fused-ring (bicyclic) bond motifs is 1. The lowest BCUT2D eigenvalue weighted by Gasteiger charge is -2.17. The minimum Gasteiger partial charge on any atom is -0.387 e. The van der Waals surface area contributed by atoms with Crippen LogP contribution in [0, 0.1) is 0 Å². The lowest BCUT2D eigenvalue weighted by atomic mass is 10.1. The van der Waals surface area contributed by atoms with Gasteiger partial charge >= 0.3 is 7.82 Å². The molecule has 5 atom stereocenters. The summed E-state index contributed by atoms with van der Waals surface area (Å²) in [6.45, 7) is 3.42. The monoisotopic (exact) mass is 490 g/mol. The lowest BCUT2D eigenvalue weighted by molar-refractivity contribution is -0.121. The van der Waals surface area contributed by atoms with Crippen LogP contribution in [0.2, 0.25) is 0 Å². The standard InChI is InChI=1S/C17H27N6O9P/c1-3-4-5-18-14(26)8(2)20-17-21-13-10(15(27)22-17)19-7-23(13)16-12(25)11(24)9(32-16)6-31-33(28,29)30/h7-9,11-12,16,24-25H,3-6H2,1-2H3,(H,18,26)(H2,28,29,30)(H2,20,21,22,27)/t8-,9+,11+,12+,16+/m0/s1. The van der Waals surface area contributed by atoms with Crippen molar-refractivity contribution in [3.63, 3.8) is 0 Å². The van der Waals surface area contributed by atoms with E-state index >= 15 is 0 Å². The zero-order valence-corrected chi connectivity index (χ0v) is 18.8. The van der Waals surface area contributed by atoms with Gasteiger partial charge < -0.3 is 35.4 Å². The van der Waals surface area contributed by atoms with Crippen LogP contribution in [0.15, 0.2) is 11.1 Å². The largest absolute Gasteiger partial charge is 0.469 e. The normalized spacial score (nSPS) is 24.2. The molecule has 2 aromatic heterocycles. The Morgan fingerprint density at radius 2 is 2.12 bits per heavy atom. The number of H-pyrrole nitrogens is 1. The van der Waals surface area contributed by atoms with Gasteiger partial charge in [-0.05, 0) is 13.3 Å². The minimum absolute atomic E-state index is 0.00681. The predicted molar refractivity (Wildman–Crippen MR) is 113 cm³/mol. The molecule has 1 fully saturated rings. The van der Waals surface area contributed by atoms with E-state index in [2.05, 4.69) is 30.1 Å². The van der Waals surface area contributed by atoms with Crippen LogP contribution in [0.5, 0.6) is 0 Å². The third-order valence-corrected chi connectivity index (χ3v) is 5.51. The number of phosphoric ester groups is 1. The summed E-state index contributed by atoms with van der Waals surface area (Å²) >= 11 is 0. The van der Waals surface area contributed by atoms with Crippen molar-refractivity contribution in [2.45, 2.75) is 57.3 Å². The van der Waals surface area contributed by atoms with Crippen LogP contribution in [0.3, 0.4) is 0 Å². The highest BCUT2D eigenvalue weighted by atomic mass is 31.2. The zero-order valence-electron chi connectivity index (χ0n) is 17.9. The number of ether oxygens (including phenoxy) is 1. The fraction of sp³-hybridized carbons (Fsp3) is 0.647. The summed E-state index contributed by atoms with van der Waals surface area (Å²) in [7, 11) is -4.82. The van der Waals surface area contributed by atoms with E-state index in [-0.39, 0.29) is 23.0 Å². The molecule has 1 saturated heterocycles. The van der Waals surface area contributed by atoms with Crippen molar-refractivity contribution in [3.8, 4) is 0 Å². The Hall–Kier alpha value is -2.39. The Kier molecular flexibility index (Phi) is 7.84. The zero-order chi connectivity index (χ0) is 24.3. The van der Waals surface area contributed by atoms with E-state index < -0.39 is 50.6 Å². The number of hydrogen-bond acceptors (Lipinski definition) is 10. The van der Waals surface area contributed by atoms with Crippen molar-refractivity contribution in [3.05, 3.63) is 16.7 Å². The molecule has 15 nitrogen and oxygen atoms in total. The number of aliphatic hydroxyl groups is 2. The molecule has 3 heterocycles. The number of carbonyl (C=O) groups excluding carboxylic acids is 1. The number of nitrogens with zero attached hydrogens (tertiary/aromatic N) is 3. The predicted octanol–water partition coefficient (Wildman–Crippen LogP) is -1.44. The first kappa shape index (κ1) is 25.2. The third-order valence-electron chi connectivity index (χ3n) is 5.03. The fourth-order valence-electron chi connectivity index (χ4n) is 3.26. The summed E-state index contributed by atoms with van der Waals surface area (Å²) in [6.07, 6.45) is -2.68. The average molecular weight is 490 g/mol. The molecule has 0 radical (unpaired) electrons. The van der Waals surface area contributed by atoms with Crippen LogP contribution in [0.4, 0.5) is 5.95 Å². The van der Waals surface area contributed by atoms with Gasteiger partial charge in [-0.2, -0.15) is 4.98 Å². The van der Waals surface area contributed by atoms with Crippen molar-refractivity contribution in [2.24, 2.45) is 0 Å². The van der Waals surface area contributed by atoms with Gasteiger partial charge in [0.1, 0.15) is 24.4 Å². The SMILES string of the molecule is CCCCNC(=O)[C@H](C)Nc1nc2c(ncn2[C@@H]2O[C@H](COP(=O)(O)O)[C@@H](O)[C@H]2O)c(=O)[nH]1. The van der Waals surface area contributed by atoms with Gasteiger partial charge in [-0.15, -0.1) is 0 Å². The quantitative estimate of drug-likeness (QED) is 0.150. The summed E-state index contributed by atoms with van der Waals surface area (Å²) < 4.78 is 22.0. The molecule has 184 valence electrons. The molecule has 1 aliphatic heterocycles. The van der Waals surface area contributed by atoms with Crippen molar-refractivity contribution < 1.29 is 38.6 Å². The van der Waals surface area contributed by atoms with Crippen LogP contribution in [-0.2, 0) is 18.6 Å². The van der Waals surface area contributed by atoms with E-state index in [1.807, 2.05) is 6.92 Å². The molecule has 2 aromatic rings. The number of hydrogen-bond donors (Lipinski definition) is 7. The molecule has 16 heteroatoms. The van der Waals surface area contributed by atoms with Crippen LogP contribution in [-0.4, -0.2) is 82.9 Å². The summed E-state index contributed by atoms with van der Waals surface area (Å²) in [4.78, 5) is 53.0. The highest BCUT2D eigenvalue weighted by molar-refractivity contribution is 7.46. The first-order valence-electron chi connectivity index (χ1n) is 10.2. The van der Waals surface area contributed by atoms with Crippen molar-refractivity contribution in [1.82, 2.24) is 24.8 Å². The number of rotatable bonds is 10. The summed E-state index contributed by atoms with van der Waals surface area (Å²) in [5.41, 5.74) is -0.706. The molecule has 0 aliphatic carbocycles. The molecule has 0 saturated carbocycles. The highest BCUT2D eigenvalue weighted by Gasteiger charge is 2.45. The van der Waals surface area contributed by atoms with Crippen molar-refractivity contribution in [1.29, 1.82) is 0 Å². The van der Waals surface area contributed by atoms with Gasteiger partial charge in [0.15, 0.2) is 17.4 Å². The Morgan fingerprint density at radius 3 is 2.79 bits per heavy atom. The van der Waals surface area contributed by atoms with Gasteiger partial charge in [0.05, 0.1) is 12.9 Å². The molecule has 0 spiro atoms. The Balaban J connectivity index is 1.81. The second-order valence-electron chi connectivity index (χ2n) is 7.58. The molecule has 0 unspecified atom stereocenters. The third kappa shape index (κ3) is 5.95. The Labute approximate surface area is 187 Å². The van der Waals surface area contributed by atoms with E-state index in [0.29, 0.717) is 6.54 Å². The number of aromatic amines is 1. The van der Waals surface area contributed by atoms with Crippen LogP contribution in [0.25, 0.3) is 11.2 Å². The smallest absolute Gasteiger partial charge is 0.387 e. The summed E-state index contributed by atoms with van der Waals surface area (Å²) in [6, 6.07) is -0.719. The number of imidazole rings is 1. The van der Waals surface area contributed by atoms with E-state index in [4.69, 9.17) is 14.5 Å². The average Bonchev–Trinajstić information content (AvgIpc) is 3.28. The number of nitrogens with one attached hydrogen (secondary N) is 3. The van der Waals surface area contributed by atoms with Gasteiger partial charge in [-0.3, -0.25) is 23.7 Å². The van der Waals surface area contributed by atoms with Gasteiger partial charge in [-0.1, -0.05) is 13.3 Å². The Morgan fingerprint density at radius 1 is 1.39 bits per heavy atom. The van der Waals surface area contributed by atoms with E-state index in [9.17, 15) is 24.4 Å². The van der Waals surface area contributed by atoms with Gasteiger partial charge in [0.25, 0.3) is 5.56 Å². The van der Waals surface area contributed by atoms with Crippen LogP contribution >= 0.6 is 7.82 Å². The fourth-order valence-corrected chi connectivity index (χ4v) is 3.60.